The van der Waals surface area contributed by atoms with Crippen LogP contribution in [0.1, 0.15) is 28.5 Å². The first-order chi connectivity index (χ1) is 7.11. The third-order valence-electron chi connectivity index (χ3n) is 2.03. The molecule has 0 amide bonds. The van der Waals surface area contributed by atoms with E-state index in [4.69, 9.17) is 4.74 Å². The predicted molar refractivity (Wildman–Crippen MR) is 55.1 cm³/mol. The van der Waals surface area contributed by atoms with Gasteiger partial charge in [-0.25, -0.2) is 9.78 Å². The molecule has 0 N–H and O–H groups in total. The predicted octanol–water partition coefficient (Wildman–Crippen LogP) is 2.27. The molecular formula is C10H12N2O3. The summed E-state index contributed by atoms with van der Waals surface area (Å²) >= 11 is 0. The lowest BCUT2D eigenvalue weighted by molar-refractivity contribution is 0.0518. The van der Waals surface area contributed by atoms with Crippen molar-refractivity contribution in [1.82, 2.24) is 4.98 Å². The molecule has 0 spiro atoms. The second kappa shape index (κ2) is 4.63. The molecule has 0 aliphatic rings. The number of aromatic nitrogens is 1. The highest BCUT2D eigenvalue weighted by molar-refractivity contribution is 5.90. The molecule has 0 atom stereocenters. The minimum Gasteiger partial charge on any atom is -0.461 e. The van der Waals surface area contributed by atoms with Gasteiger partial charge in [0.15, 0.2) is 5.69 Å². The average molecular weight is 208 g/mol. The number of pyridine rings is 1. The zero-order valence-electron chi connectivity index (χ0n) is 8.90. The fourth-order valence-electron chi connectivity index (χ4n) is 1.27. The molecule has 5 nitrogen and oxygen atoms in total. The Morgan fingerprint density at radius 3 is 2.73 bits per heavy atom. The molecule has 1 aromatic heterocycles. The Kier molecular flexibility index (Phi) is 3.49. The third-order valence-corrected chi connectivity index (χ3v) is 2.03. The second-order valence-corrected chi connectivity index (χ2v) is 3.08. The van der Waals surface area contributed by atoms with Crippen molar-refractivity contribution in [1.29, 1.82) is 0 Å². The summed E-state index contributed by atoms with van der Waals surface area (Å²) in [7, 11) is 0. The zero-order valence-corrected chi connectivity index (χ0v) is 8.90. The number of rotatable bonds is 3. The van der Waals surface area contributed by atoms with Gasteiger partial charge in [0.1, 0.15) is 5.69 Å². The Labute approximate surface area is 87.4 Å². The van der Waals surface area contributed by atoms with Gasteiger partial charge < -0.3 is 4.74 Å². The van der Waals surface area contributed by atoms with Crippen LogP contribution < -0.4 is 0 Å². The monoisotopic (exact) mass is 208 g/mol. The Morgan fingerprint density at radius 1 is 1.53 bits per heavy atom. The lowest BCUT2D eigenvalue weighted by Crippen LogP contribution is -2.09. The first kappa shape index (κ1) is 11.3. The van der Waals surface area contributed by atoms with Crippen molar-refractivity contribution in [2.45, 2.75) is 20.8 Å². The van der Waals surface area contributed by atoms with Gasteiger partial charge in [-0.2, -0.15) is 0 Å². The van der Waals surface area contributed by atoms with E-state index in [1.54, 1.807) is 20.8 Å². The van der Waals surface area contributed by atoms with Crippen LogP contribution in [-0.2, 0) is 4.74 Å². The lowest BCUT2D eigenvalue weighted by atomic mass is 10.1. The van der Waals surface area contributed by atoms with Crippen LogP contribution in [0.25, 0.3) is 0 Å². The molecule has 1 aromatic rings. The number of hydrogen-bond donors (Lipinski definition) is 0. The summed E-state index contributed by atoms with van der Waals surface area (Å²) in [5.41, 5.74) is 1.52. The summed E-state index contributed by atoms with van der Waals surface area (Å²) in [4.78, 5) is 25.9. The number of nitrogens with zero attached hydrogens (tertiary/aromatic N) is 2. The fraction of sp³-hybridized carbons (Fsp3) is 0.400. The first-order valence-electron chi connectivity index (χ1n) is 4.58. The van der Waals surface area contributed by atoms with E-state index >= 15 is 0 Å². The van der Waals surface area contributed by atoms with Gasteiger partial charge in [-0.15, -0.1) is 4.91 Å². The van der Waals surface area contributed by atoms with E-state index in [2.05, 4.69) is 10.2 Å². The SMILES string of the molecule is CCOC(=O)c1ncc(C)c(N=O)c1C. The van der Waals surface area contributed by atoms with E-state index in [1.165, 1.54) is 6.20 Å². The highest BCUT2D eigenvalue weighted by Crippen LogP contribution is 2.24. The van der Waals surface area contributed by atoms with Crippen LogP contribution in [0.2, 0.25) is 0 Å². The molecule has 0 aliphatic heterocycles. The molecule has 0 saturated heterocycles. The van der Waals surface area contributed by atoms with Crippen molar-refractivity contribution in [3.8, 4) is 0 Å². The molecule has 0 aliphatic carbocycles. The van der Waals surface area contributed by atoms with E-state index in [0.717, 1.165) is 0 Å². The largest absolute Gasteiger partial charge is 0.461 e. The number of ether oxygens (including phenoxy) is 1. The van der Waals surface area contributed by atoms with Crippen molar-refractivity contribution in [3.63, 3.8) is 0 Å². The number of hydrogen-bond acceptors (Lipinski definition) is 5. The third kappa shape index (κ3) is 2.18. The standard InChI is InChI=1S/C10H12N2O3/c1-4-15-10(13)9-7(3)8(12-14)6(2)5-11-9/h5H,4H2,1-3H3. The highest BCUT2D eigenvalue weighted by Gasteiger charge is 2.16. The van der Waals surface area contributed by atoms with Gasteiger partial charge in [0.2, 0.25) is 0 Å². The Hall–Kier alpha value is -1.78. The minimum atomic E-state index is -0.528. The molecule has 0 fully saturated rings. The van der Waals surface area contributed by atoms with Gasteiger partial charge in [0.25, 0.3) is 0 Å². The molecule has 0 saturated carbocycles. The number of esters is 1. The number of nitroso groups, excluding NO2 is 1. The van der Waals surface area contributed by atoms with E-state index in [9.17, 15) is 9.70 Å². The normalized spacial score (nSPS) is 9.80. The van der Waals surface area contributed by atoms with Crippen molar-refractivity contribution < 1.29 is 9.53 Å². The topological polar surface area (TPSA) is 68.6 Å². The van der Waals surface area contributed by atoms with Crippen LogP contribution in [-0.4, -0.2) is 17.6 Å². The molecule has 1 heterocycles. The molecular weight excluding hydrogens is 196 g/mol. The fourth-order valence-corrected chi connectivity index (χ4v) is 1.27. The second-order valence-electron chi connectivity index (χ2n) is 3.08. The van der Waals surface area contributed by atoms with Crippen LogP contribution in [0.3, 0.4) is 0 Å². The molecule has 1 rings (SSSR count). The molecule has 0 radical (unpaired) electrons. The highest BCUT2D eigenvalue weighted by atomic mass is 16.5. The van der Waals surface area contributed by atoms with Gasteiger partial charge in [0.05, 0.1) is 6.61 Å². The van der Waals surface area contributed by atoms with Crippen molar-refractivity contribution in [3.05, 3.63) is 27.9 Å². The van der Waals surface area contributed by atoms with Crippen molar-refractivity contribution in [2.75, 3.05) is 6.61 Å². The number of carbonyl (C=O) groups is 1. The number of aryl methyl sites for hydroxylation is 1. The molecule has 0 aromatic carbocycles. The van der Waals surface area contributed by atoms with Gasteiger partial charge in [0, 0.05) is 11.8 Å². The Balaban J connectivity index is 3.21. The maximum absolute atomic E-state index is 11.4. The summed E-state index contributed by atoms with van der Waals surface area (Å²) in [6.45, 7) is 5.33. The van der Waals surface area contributed by atoms with Crippen LogP contribution in [0.5, 0.6) is 0 Å². The average Bonchev–Trinajstić information content (AvgIpc) is 2.18. The first-order valence-corrected chi connectivity index (χ1v) is 4.58. The lowest BCUT2D eigenvalue weighted by Gasteiger charge is -2.06. The number of carbonyl (C=O) groups excluding carboxylic acids is 1. The summed E-state index contributed by atoms with van der Waals surface area (Å²) in [5.74, 6) is -0.528. The van der Waals surface area contributed by atoms with E-state index in [-0.39, 0.29) is 18.0 Å². The quantitative estimate of drug-likeness (QED) is 0.564. The Bertz CT molecular complexity index is 402. The van der Waals surface area contributed by atoms with Crippen LogP contribution in [0.15, 0.2) is 11.4 Å². The summed E-state index contributed by atoms with van der Waals surface area (Å²) in [5, 5.41) is 2.88. The van der Waals surface area contributed by atoms with Gasteiger partial charge >= 0.3 is 5.97 Å². The van der Waals surface area contributed by atoms with Crippen molar-refractivity contribution >= 4 is 11.7 Å². The van der Waals surface area contributed by atoms with E-state index < -0.39 is 5.97 Å². The zero-order chi connectivity index (χ0) is 11.4. The maximum atomic E-state index is 11.4. The molecule has 80 valence electrons. The summed E-state index contributed by atoms with van der Waals surface area (Å²) < 4.78 is 4.80. The molecule has 0 bridgehead atoms. The molecule has 15 heavy (non-hydrogen) atoms. The van der Waals surface area contributed by atoms with Gasteiger partial charge in [-0.05, 0) is 31.5 Å². The van der Waals surface area contributed by atoms with Crippen molar-refractivity contribution in [2.24, 2.45) is 5.18 Å². The van der Waals surface area contributed by atoms with Crippen LogP contribution >= 0.6 is 0 Å². The van der Waals surface area contributed by atoms with Gasteiger partial charge in [-0.3, -0.25) is 0 Å². The van der Waals surface area contributed by atoms with Gasteiger partial charge in [-0.1, -0.05) is 0 Å². The van der Waals surface area contributed by atoms with Crippen LogP contribution in [0, 0.1) is 18.8 Å². The van der Waals surface area contributed by atoms with E-state index in [0.29, 0.717) is 11.1 Å². The summed E-state index contributed by atoms with van der Waals surface area (Å²) in [6.07, 6.45) is 1.44. The van der Waals surface area contributed by atoms with E-state index in [1.807, 2.05) is 0 Å². The molecule has 0 unspecified atom stereocenters. The Morgan fingerprint density at radius 2 is 2.20 bits per heavy atom. The smallest absolute Gasteiger partial charge is 0.357 e. The van der Waals surface area contributed by atoms with Crippen LogP contribution in [0.4, 0.5) is 5.69 Å². The minimum absolute atomic E-state index is 0.150. The molecule has 5 heteroatoms. The summed E-state index contributed by atoms with van der Waals surface area (Å²) in [6, 6.07) is 0. The maximum Gasteiger partial charge on any atom is 0.357 e.